The number of nitrogens with zero attached hydrogens (tertiary/aromatic N) is 1. The Morgan fingerprint density at radius 2 is 2.50 bits per heavy atom. The van der Waals surface area contributed by atoms with E-state index < -0.39 is 0 Å². The van der Waals surface area contributed by atoms with E-state index in [1.807, 2.05) is 0 Å². The molecule has 0 rings (SSSR count). The van der Waals surface area contributed by atoms with E-state index in [0.717, 1.165) is 0 Å². The van der Waals surface area contributed by atoms with Crippen molar-refractivity contribution in [3.63, 3.8) is 0 Å². The highest BCUT2D eigenvalue weighted by atomic mass is 16.5. The first-order chi connectivity index (χ1) is 2.77. The van der Waals surface area contributed by atoms with Crippen molar-refractivity contribution in [3.8, 4) is 0 Å². The fourth-order valence-corrected chi connectivity index (χ4v) is 0.122. The topological polar surface area (TPSA) is 23.5 Å². The Hall–Kier alpha value is -0.340. The van der Waals surface area contributed by atoms with Crippen molar-refractivity contribution < 1.29 is 5.21 Å². The molecule has 1 N–H and O–H groups in total. The molecular formula is C4H6NO. The van der Waals surface area contributed by atoms with Crippen LogP contribution in [0.5, 0.6) is 0 Å². The molecule has 0 fully saturated rings. The highest BCUT2D eigenvalue weighted by Gasteiger charge is 1.79. The molecule has 0 aromatic heterocycles. The minimum absolute atomic E-state index is 0.194. The van der Waals surface area contributed by atoms with Crippen LogP contribution in [0.25, 0.3) is 0 Å². The van der Waals surface area contributed by atoms with Gasteiger partial charge >= 0.3 is 0 Å². The first kappa shape index (κ1) is 5.66. The molecule has 0 atom stereocenters. The number of hydrogen-bond donors (Lipinski definition) is 1. The molecule has 0 heterocycles. The zero-order chi connectivity index (χ0) is 4.99. The number of rotatable bonds is 2. The minimum atomic E-state index is 0.194. The molecule has 2 nitrogen and oxygen atoms in total. The van der Waals surface area contributed by atoms with Gasteiger partial charge in [-0.05, 0) is 0 Å². The molecule has 2 heteroatoms. The Labute approximate surface area is 37.7 Å². The van der Waals surface area contributed by atoms with E-state index in [1.165, 1.54) is 6.08 Å². The Morgan fingerprint density at radius 3 is 2.50 bits per heavy atom. The minimum Gasteiger partial charge on any atom is -0.313 e. The van der Waals surface area contributed by atoms with Crippen molar-refractivity contribution in [2.75, 3.05) is 6.54 Å². The molecule has 0 aliphatic rings. The zero-order valence-electron chi connectivity index (χ0n) is 3.39. The van der Waals surface area contributed by atoms with Crippen LogP contribution in [0.3, 0.4) is 0 Å². The van der Waals surface area contributed by atoms with Gasteiger partial charge < -0.3 is 5.21 Å². The smallest absolute Gasteiger partial charge is 0.120 e. The van der Waals surface area contributed by atoms with Gasteiger partial charge in [0.2, 0.25) is 0 Å². The maximum Gasteiger partial charge on any atom is 0.120 e. The molecule has 0 spiro atoms. The second kappa shape index (κ2) is 2.87. The van der Waals surface area contributed by atoms with Gasteiger partial charge in [-0.3, -0.25) is 0 Å². The van der Waals surface area contributed by atoms with Crippen LogP contribution in [0, 0.1) is 7.05 Å². The fourth-order valence-electron chi connectivity index (χ4n) is 0.122. The second-order valence-electron chi connectivity index (χ2n) is 0.871. The molecule has 0 aliphatic heterocycles. The van der Waals surface area contributed by atoms with E-state index in [9.17, 15) is 0 Å². The van der Waals surface area contributed by atoms with Crippen LogP contribution in [-0.2, 0) is 0 Å². The Bertz CT molecular complexity index is 42.8. The highest BCUT2D eigenvalue weighted by Crippen LogP contribution is 1.71. The Morgan fingerprint density at radius 1 is 2.00 bits per heavy atom. The monoisotopic (exact) mass is 84.0 g/mol. The first-order valence-electron chi connectivity index (χ1n) is 1.56. The summed E-state index contributed by atoms with van der Waals surface area (Å²) in [5.41, 5.74) is 0. The van der Waals surface area contributed by atoms with E-state index in [2.05, 4.69) is 6.58 Å². The number of hydrogen-bond acceptors (Lipinski definition) is 2. The molecule has 0 unspecified atom stereocenters. The van der Waals surface area contributed by atoms with Crippen LogP contribution in [0.4, 0.5) is 0 Å². The molecule has 6 heavy (non-hydrogen) atoms. The normalized spacial score (nSPS) is 9.17. The summed E-state index contributed by atoms with van der Waals surface area (Å²) < 4.78 is 0. The summed E-state index contributed by atoms with van der Waals surface area (Å²) in [4.78, 5) is 0. The summed E-state index contributed by atoms with van der Waals surface area (Å²) >= 11 is 0. The molecule has 3 radical (unpaired) electrons. The zero-order valence-corrected chi connectivity index (χ0v) is 3.39. The third kappa shape index (κ3) is 3.66. The Balaban J connectivity index is 2.81. The van der Waals surface area contributed by atoms with E-state index in [1.54, 1.807) is 0 Å². The maximum absolute atomic E-state index is 7.98. The van der Waals surface area contributed by atoms with Gasteiger partial charge in [-0.2, -0.15) is 5.06 Å². The first-order valence-corrected chi connectivity index (χ1v) is 1.56. The molecule has 0 bridgehead atoms. The summed E-state index contributed by atoms with van der Waals surface area (Å²) in [5.74, 6) is 0. The van der Waals surface area contributed by atoms with Crippen molar-refractivity contribution >= 4 is 0 Å². The predicted molar refractivity (Wildman–Crippen MR) is 21.9 cm³/mol. The molecule has 0 saturated carbocycles. The number of hydroxylamine groups is 2. The van der Waals surface area contributed by atoms with Crippen molar-refractivity contribution in [2.24, 2.45) is 0 Å². The third-order valence-corrected chi connectivity index (χ3v) is 0.302. The predicted octanol–water partition coefficient (Wildman–Crippen LogP) is 0.409. The van der Waals surface area contributed by atoms with Gasteiger partial charge in [-0.25, -0.2) is 0 Å². The van der Waals surface area contributed by atoms with Crippen LogP contribution in [0.15, 0.2) is 12.7 Å². The molecule has 0 amide bonds. The molecule has 33 valence electrons. The SMILES string of the molecule is [C]N(O)CC=C. The Kier molecular flexibility index (Phi) is 2.71. The van der Waals surface area contributed by atoms with Gasteiger partial charge in [0.25, 0.3) is 0 Å². The van der Waals surface area contributed by atoms with Gasteiger partial charge in [0.15, 0.2) is 0 Å². The van der Waals surface area contributed by atoms with Gasteiger partial charge in [-0.15, -0.1) is 6.58 Å². The summed E-state index contributed by atoms with van der Waals surface area (Å²) in [7, 11) is 6.30. The fraction of sp³-hybridized carbons (Fsp3) is 0.250. The quantitative estimate of drug-likeness (QED) is 0.387. The van der Waals surface area contributed by atoms with Gasteiger partial charge in [0.05, 0.1) is 0 Å². The summed E-state index contributed by atoms with van der Waals surface area (Å²) in [6.45, 7) is 3.47. The standard InChI is InChI=1S/C4H6NO/c1-3-4-5(2)6/h3,6H,1,4H2. The third-order valence-electron chi connectivity index (χ3n) is 0.302. The van der Waals surface area contributed by atoms with E-state index in [4.69, 9.17) is 12.3 Å². The molecule has 0 aromatic carbocycles. The average molecular weight is 84.1 g/mol. The van der Waals surface area contributed by atoms with Crippen LogP contribution in [-0.4, -0.2) is 16.8 Å². The van der Waals surface area contributed by atoms with E-state index in [0.29, 0.717) is 5.06 Å². The van der Waals surface area contributed by atoms with Crippen LogP contribution < -0.4 is 0 Å². The highest BCUT2D eigenvalue weighted by molar-refractivity contribution is 4.67. The average Bonchev–Trinajstić information content (AvgIpc) is 1.35. The van der Waals surface area contributed by atoms with Gasteiger partial charge in [0.1, 0.15) is 7.05 Å². The summed E-state index contributed by atoms with van der Waals surface area (Å²) in [6, 6.07) is 0. The molecule has 0 saturated heterocycles. The van der Waals surface area contributed by atoms with Crippen molar-refractivity contribution in [2.45, 2.75) is 0 Å². The lowest BCUT2D eigenvalue weighted by atomic mass is 10.6. The van der Waals surface area contributed by atoms with Crippen molar-refractivity contribution in [1.29, 1.82) is 0 Å². The van der Waals surface area contributed by atoms with E-state index in [-0.39, 0.29) is 6.54 Å². The van der Waals surface area contributed by atoms with E-state index >= 15 is 0 Å². The van der Waals surface area contributed by atoms with Crippen LogP contribution >= 0.6 is 0 Å². The van der Waals surface area contributed by atoms with Crippen molar-refractivity contribution in [1.82, 2.24) is 5.06 Å². The van der Waals surface area contributed by atoms with Crippen molar-refractivity contribution in [3.05, 3.63) is 19.7 Å². The second-order valence-corrected chi connectivity index (χ2v) is 0.871. The maximum atomic E-state index is 7.98. The van der Waals surface area contributed by atoms with Crippen LogP contribution in [0.1, 0.15) is 0 Å². The molecular weight excluding hydrogens is 78.0 g/mol. The summed E-state index contributed by atoms with van der Waals surface area (Å²) in [6.07, 6.45) is 1.44. The van der Waals surface area contributed by atoms with Crippen LogP contribution in [0.2, 0.25) is 0 Å². The lowest BCUT2D eigenvalue weighted by molar-refractivity contribution is -0.0329. The van der Waals surface area contributed by atoms with Gasteiger partial charge in [0, 0.05) is 6.54 Å². The lowest BCUT2D eigenvalue weighted by Gasteiger charge is -1.97. The summed E-state index contributed by atoms with van der Waals surface area (Å²) in [5, 5.41) is 8.29. The molecule has 0 aliphatic carbocycles. The lowest BCUT2D eigenvalue weighted by Crippen LogP contribution is -2.07. The largest absolute Gasteiger partial charge is 0.313 e. The molecule has 0 aromatic rings. The van der Waals surface area contributed by atoms with Gasteiger partial charge in [-0.1, -0.05) is 6.08 Å².